The predicted octanol–water partition coefficient (Wildman–Crippen LogP) is 1.02. The Hall–Kier alpha value is -1.93. The third-order valence-corrected chi connectivity index (χ3v) is 5.71. The molecule has 0 radical (unpaired) electrons. The quantitative estimate of drug-likeness (QED) is 0.863. The molecule has 1 saturated heterocycles. The molecule has 1 N–H and O–H groups in total. The van der Waals surface area contributed by atoms with E-state index in [0.29, 0.717) is 19.5 Å². The number of sulfonamides is 1. The third-order valence-electron chi connectivity index (χ3n) is 3.79. The molecule has 2 rings (SSSR count). The van der Waals surface area contributed by atoms with Crippen LogP contribution in [0.1, 0.15) is 30.1 Å². The lowest BCUT2D eigenvalue weighted by molar-refractivity contribution is -0.132. The Morgan fingerprint density at radius 2 is 1.65 bits per heavy atom. The summed E-state index contributed by atoms with van der Waals surface area (Å²) >= 11 is 0. The van der Waals surface area contributed by atoms with Crippen LogP contribution >= 0.6 is 0 Å². The molecule has 0 aromatic heterocycles. The van der Waals surface area contributed by atoms with E-state index >= 15 is 0 Å². The Morgan fingerprint density at radius 3 is 2.13 bits per heavy atom. The van der Waals surface area contributed by atoms with E-state index in [0.717, 1.165) is 6.42 Å². The number of carboxylic acid groups (broad SMARTS) is 1. The Kier molecular flexibility index (Phi) is 5.38. The summed E-state index contributed by atoms with van der Waals surface area (Å²) in [6.07, 6.45) is 1.25. The number of carbonyl (C=O) groups is 2. The molecule has 1 aromatic rings. The molecule has 1 aliphatic heterocycles. The number of hydrogen-bond donors (Lipinski definition) is 1. The van der Waals surface area contributed by atoms with Crippen LogP contribution in [0.25, 0.3) is 0 Å². The highest BCUT2D eigenvalue weighted by atomic mass is 32.2. The van der Waals surface area contributed by atoms with E-state index in [1.807, 2.05) is 6.92 Å². The highest BCUT2D eigenvalue weighted by Crippen LogP contribution is 2.18. The number of carboxylic acids is 1. The molecule has 0 unspecified atom stereocenters. The standard InChI is InChI=1S/C15H20N2O5S/c1-2-3-14(18)16-8-10-17(11-9-16)23(21,22)13-6-4-12(5-7-13)15(19)20/h4-7H,2-3,8-11H2,1H3,(H,19,20). The molecule has 23 heavy (non-hydrogen) atoms. The van der Waals surface area contributed by atoms with Crippen LogP contribution < -0.4 is 0 Å². The van der Waals surface area contributed by atoms with E-state index in [1.54, 1.807) is 4.90 Å². The van der Waals surface area contributed by atoms with E-state index in [9.17, 15) is 18.0 Å². The fourth-order valence-electron chi connectivity index (χ4n) is 2.47. The zero-order chi connectivity index (χ0) is 17.0. The molecule has 7 nitrogen and oxygen atoms in total. The molecule has 0 aliphatic carbocycles. The van der Waals surface area contributed by atoms with Crippen molar-refractivity contribution in [1.29, 1.82) is 0 Å². The molecule has 0 spiro atoms. The van der Waals surface area contributed by atoms with Crippen molar-refractivity contribution in [3.63, 3.8) is 0 Å². The Labute approximate surface area is 135 Å². The molecular weight excluding hydrogens is 320 g/mol. The van der Waals surface area contributed by atoms with Crippen molar-refractivity contribution in [2.45, 2.75) is 24.7 Å². The number of carbonyl (C=O) groups excluding carboxylic acids is 1. The van der Waals surface area contributed by atoms with E-state index in [4.69, 9.17) is 5.11 Å². The summed E-state index contributed by atoms with van der Waals surface area (Å²) in [6, 6.07) is 5.15. The zero-order valence-corrected chi connectivity index (χ0v) is 13.8. The fourth-order valence-corrected chi connectivity index (χ4v) is 3.89. The first kappa shape index (κ1) is 17.4. The number of rotatable bonds is 5. The zero-order valence-electron chi connectivity index (χ0n) is 12.9. The second-order valence-electron chi connectivity index (χ2n) is 5.36. The minimum atomic E-state index is -3.66. The van der Waals surface area contributed by atoms with Crippen molar-refractivity contribution in [3.8, 4) is 0 Å². The van der Waals surface area contributed by atoms with Gasteiger partial charge >= 0.3 is 5.97 Å². The highest BCUT2D eigenvalue weighted by molar-refractivity contribution is 7.89. The highest BCUT2D eigenvalue weighted by Gasteiger charge is 2.29. The lowest BCUT2D eigenvalue weighted by Crippen LogP contribution is -2.50. The molecule has 0 saturated carbocycles. The topological polar surface area (TPSA) is 95.0 Å². The molecule has 126 valence electrons. The van der Waals surface area contributed by atoms with Crippen molar-refractivity contribution in [2.24, 2.45) is 0 Å². The van der Waals surface area contributed by atoms with Gasteiger partial charge in [-0.25, -0.2) is 13.2 Å². The number of aromatic carboxylic acids is 1. The Balaban J connectivity index is 2.07. The van der Waals surface area contributed by atoms with Gasteiger partial charge in [0, 0.05) is 32.6 Å². The minimum absolute atomic E-state index is 0.0407. The summed E-state index contributed by atoms with van der Waals surface area (Å²) in [5.74, 6) is -1.05. The number of amides is 1. The van der Waals surface area contributed by atoms with Crippen molar-refractivity contribution < 1.29 is 23.1 Å². The van der Waals surface area contributed by atoms with Gasteiger partial charge in [0.2, 0.25) is 15.9 Å². The van der Waals surface area contributed by atoms with Crippen LogP contribution in [0.5, 0.6) is 0 Å². The maximum atomic E-state index is 12.5. The van der Waals surface area contributed by atoms with E-state index in [-0.39, 0.29) is 29.5 Å². The van der Waals surface area contributed by atoms with Gasteiger partial charge in [0.25, 0.3) is 0 Å². The predicted molar refractivity (Wildman–Crippen MR) is 83.6 cm³/mol. The summed E-state index contributed by atoms with van der Waals surface area (Å²) in [4.78, 5) is 24.4. The molecule has 8 heteroatoms. The van der Waals surface area contributed by atoms with Gasteiger partial charge in [0.05, 0.1) is 10.5 Å². The lowest BCUT2D eigenvalue weighted by atomic mass is 10.2. The van der Waals surface area contributed by atoms with E-state index in [2.05, 4.69) is 0 Å². The largest absolute Gasteiger partial charge is 0.478 e. The van der Waals surface area contributed by atoms with Gasteiger partial charge in [-0.15, -0.1) is 0 Å². The van der Waals surface area contributed by atoms with Gasteiger partial charge in [-0.3, -0.25) is 4.79 Å². The van der Waals surface area contributed by atoms with Gasteiger partial charge in [-0.05, 0) is 30.7 Å². The SMILES string of the molecule is CCCC(=O)N1CCN(S(=O)(=O)c2ccc(C(=O)O)cc2)CC1. The normalized spacial score (nSPS) is 16.3. The fraction of sp³-hybridized carbons (Fsp3) is 0.467. The minimum Gasteiger partial charge on any atom is -0.478 e. The van der Waals surface area contributed by atoms with Crippen LogP contribution in [-0.2, 0) is 14.8 Å². The summed E-state index contributed by atoms with van der Waals surface area (Å²) in [7, 11) is -3.66. The molecule has 1 amide bonds. The Bertz CT molecular complexity index is 676. The van der Waals surface area contributed by atoms with Crippen LogP contribution in [0, 0.1) is 0 Å². The first-order valence-electron chi connectivity index (χ1n) is 7.47. The monoisotopic (exact) mass is 340 g/mol. The number of nitrogens with zero attached hydrogens (tertiary/aromatic N) is 2. The second kappa shape index (κ2) is 7.10. The van der Waals surface area contributed by atoms with Crippen molar-refractivity contribution in [1.82, 2.24) is 9.21 Å². The van der Waals surface area contributed by atoms with Crippen LogP contribution in [0.2, 0.25) is 0 Å². The van der Waals surface area contributed by atoms with Crippen LogP contribution in [-0.4, -0.2) is 60.8 Å². The first-order valence-corrected chi connectivity index (χ1v) is 8.91. The molecule has 1 aliphatic rings. The number of hydrogen-bond acceptors (Lipinski definition) is 4. The smallest absolute Gasteiger partial charge is 0.335 e. The van der Waals surface area contributed by atoms with Gasteiger partial charge in [0.1, 0.15) is 0 Å². The van der Waals surface area contributed by atoms with Gasteiger partial charge in [0.15, 0.2) is 0 Å². The lowest BCUT2D eigenvalue weighted by Gasteiger charge is -2.34. The molecule has 0 atom stereocenters. The average molecular weight is 340 g/mol. The summed E-state index contributed by atoms with van der Waals surface area (Å²) < 4.78 is 26.4. The van der Waals surface area contributed by atoms with Crippen LogP contribution in [0.3, 0.4) is 0 Å². The number of benzene rings is 1. The maximum absolute atomic E-state index is 12.5. The molecule has 1 aromatic carbocycles. The molecule has 0 bridgehead atoms. The van der Waals surface area contributed by atoms with Crippen LogP contribution in [0.4, 0.5) is 0 Å². The van der Waals surface area contributed by atoms with Crippen LogP contribution in [0.15, 0.2) is 29.2 Å². The summed E-state index contributed by atoms with van der Waals surface area (Å²) in [5.41, 5.74) is 0.0407. The molecule has 1 fully saturated rings. The van der Waals surface area contributed by atoms with Gasteiger partial charge < -0.3 is 10.0 Å². The van der Waals surface area contributed by atoms with Crippen molar-refractivity contribution in [3.05, 3.63) is 29.8 Å². The number of piperazine rings is 1. The molecule has 1 heterocycles. The van der Waals surface area contributed by atoms with E-state index < -0.39 is 16.0 Å². The average Bonchev–Trinajstić information content (AvgIpc) is 2.55. The van der Waals surface area contributed by atoms with Crippen molar-refractivity contribution in [2.75, 3.05) is 26.2 Å². The third kappa shape index (κ3) is 3.89. The first-order chi connectivity index (χ1) is 10.9. The van der Waals surface area contributed by atoms with E-state index in [1.165, 1.54) is 28.6 Å². The Morgan fingerprint density at radius 1 is 1.09 bits per heavy atom. The molecular formula is C15H20N2O5S. The van der Waals surface area contributed by atoms with Crippen molar-refractivity contribution >= 4 is 21.9 Å². The second-order valence-corrected chi connectivity index (χ2v) is 7.30. The van der Waals surface area contributed by atoms with Gasteiger partial charge in [-0.1, -0.05) is 6.92 Å². The summed E-state index contributed by atoms with van der Waals surface area (Å²) in [6.45, 7) is 3.19. The maximum Gasteiger partial charge on any atom is 0.335 e. The summed E-state index contributed by atoms with van der Waals surface area (Å²) in [5, 5.41) is 8.85. The van der Waals surface area contributed by atoms with Gasteiger partial charge in [-0.2, -0.15) is 4.31 Å².